The van der Waals surface area contributed by atoms with Gasteiger partial charge in [0.2, 0.25) is 59.1 Å². The minimum absolute atomic E-state index is 0.0120. The summed E-state index contributed by atoms with van der Waals surface area (Å²) in [5.41, 5.74) is -1.00. The molecule has 4 rings (SSSR count). The van der Waals surface area contributed by atoms with Gasteiger partial charge in [-0.1, -0.05) is 46.0 Å². The van der Waals surface area contributed by atoms with Gasteiger partial charge >= 0.3 is 53.7 Å². The second-order valence-corrected chi connectivity index (χ2v) is 36.1. The fraction of sp³-hybridized carbons (Fsp3) is 0.789. The van der Waals surface area contributed by atoms with E-state index in [4.69, 9.17) is 71.1 Å². The van der Waals surface area contributed by atoms with E-state index < -0.39 is 182 Å². The Balaban J connectivity index is 1.35. The summed E-state index contributed by atoms with van der Waals surface area (Å²) in [7, 11) is 0. The van der Waals surface area contributed by atoms with Crippen LogP contribution in [0.4, 0.5) is 0 Å². The van der Waals surface area contributed by atoms with E-state index in [0.29, 0.717) is 155 Å². The molecule has 4 aliphatic rings. The maximum Gasteiger partial charge on any atom is 0.303 e. The Morgan fingerprint density at radius 1 is 0.321 bits per heavy atom. The molecule has 0 aromatic carbocycles. The zero-order valence-corrected chi connectivity index (χ0v) is 84.0. The van der Waals surface area contributed by atoms with Crippen molar-refractivity contribution < 1.29 is 167 Å². The summed E-state index contributed by atoms with van der Waals surface area (Å²) in [6.45, 7) is 18.8. The summed E-state index contributed by atoms with van der Waals surface area (Å²) in [5, 5.41) is 25.8. The molecule has 4 heterocycles. The number of ketones is 1. The molecule has 0 aliphatic carbocycles. The van der Waals surface area contributed by atoms with Gasteiger partial charge in [-0.25, -0.2) is 0 Å². The number of rotatable bonds is 66. The van der Waals surface area contributed by atoms with Gasteiger partial charge in [-0.2, -0.15) is 0 Å². The number of carbonyl (C=O) groups excluding carboxylic acids is 20. The number of ether oxygens (including phenoxy) is 15. The van der Waals surface area contributed by atoms with Crippen molar-refractivity contribution in [3.63, 3.8) is 0 Å². The summed E-state index contributed by atoms with van der Waals surface area (Å²) in [5.74, 6) is -9.60. The molecular formula is C95H154N10O35. The molecule has 10 amide bonds. The van der Waals surface area contributed by atoms with Gasteiger partial charge in [0.05, 0.1) is 0 Å². The number of unbranched alkanes of at least 4 members (excludes halogenated alkanes) is 9. The van der Waals surface area contributed by atoms with Crippen molar-refractivity contribution >= 4 is 119 Å². The van der Waals surface area contributed by atoms with Crippen molar-refractivity contribution in [3.8, 4) is 0 Å². The van der Waals surface area contributed by atoms with Gasteiger partial charge < -0.3 is 124 Å². The number of hydrogen-bond donors (Lipinski definition) is 9. The molecule has 794 valence electrons. The van der Waals surface area contributed by atoms with Crippen LogP contribution in [0.15, 0.2) is 0 Å². The van der Waals surface area contributed by atoms with E-state index in [1.54, 1.807) is 13.8 Å². The van der Waals surface area contributed by atoms with Gasteiger partial charge in [-0.05, 0) is 109 Å². The molecule has 0 bridgehead atoms. The second-order valence-electron chi connectivity index (χ2n) is 36.1. The summed E-state index contributed by atoms with van der Waals surface area (Å²) in [6.07, 6.45) is -3.08. The number of esters is 9. The summed E-state index contributed by atoms with van der Waals surface area (Å²) < 4.78 is 84.6. The van der Waals surface area contributed by atoms with Crippen LogP contribution in [-0.4, -0.2) is 307 Å². The van der Waals surface area contributed by atoms with Crippen LogP contribution in [0.3, 0.4) is 0 Å². The third-order valence-electron chi connectivity index (χ3n) is 23.4. The average molecular weight is 2000 g/mol. The van der Waals surface area contributed by atoms with E-state index in [1.165, 1.54) is 41.5 Å². The Hall–Kier alpha value is -10.6. The van der Waals surface area contributed by atoms with Gasteiger partial charge in [0, 0.05) is 218 Å². The lowest BCUT2D eigenvalue weighted by atomic mass is 9.77. The molecule has 0 saturated carbocycles. The molecule has 45 heteroatoms. The second kappa shape index (κ2) is 66.9. The van der Waals surface area contributed by atoms with Crippen molar-refractivity contribution in [2.24, 2.45) is 17.3 Å². The van der Waals surface area contributed by atoms with Crippen LogP contribution in [0, 0.1) is 17.3 Å². The lowest BCUT2D eigenvalue weighted by molar-refractivity contribution is -0.277. The number of amides is 10. The topological polar surface area (TPSA) is 591 Å². The van der Waals surface area contributed by atoms with Crippen LogP contribution < -0.4 is 47.9 Å². The summed E-state index contributed by atoms with van der Waals surface area (Å²) >= 11 is 0. The number of piperidine rings is 1. The number of nitrogens with one attached hydrogen (secondary N) is 9. The third kappa shape index (κ3) is 50.7. The molecule has 140 heavy (non-hydrogen) atoms. The normalized spacial score (nSPS) is 22.1. The van der Waals surface area contributed by atoms with Gasteiger partial charge in [0.25, 0.3) is 0 Å². The monoisotopic (exact) mass is 2000 g/mol. The van der Waals surface area contributed by atoms with E-state index >= 15 is 0 Å². The first-order chi connectivity index (χ1) is 66.4. The highest BCUT2D eigenvalue weighted by Crippen LogP contribution is 2.35. The average Bonchev–Trinajstić information content (AvgIpc) is 0.792. The van der Waals surface area contributed by atoms with Gasteiger partial charge in [0.1, 0.15) is 62.0 Å². The number of hydrogen-bond acceptors (Lipinski definition) is 35. The Morgan fingerprint density at radius 3 is 0.921 bits per heavy atom. The molecule has 15 atom stereocenters. The largest absolute Gasteiger partial charge is 0.463 e. The van der Waals surface area contributed by atoms with Crippen LogP contribution in [0.5, 0.6) is 0 Å². The van der Waals surface area contributed by atoms with Crippen molar-refractivity contribution in [2.45, 2.75) is 375 Å². The fourth-order valence-corrected chi connectivity index (χ4v) is 16.5. The van der Waals surface area contributed by atoms with Crippen LogP contribution in [0.1, 0.15) is 283 Å². The molecule has 4 aliphatic heterocycles. The smallest absolute Gasteiger partial charge is 0.303 e. The van der Waals surface area contributed by atoms with E-state index in [9.17, 15) is 95.9 Å². The molecule has 15 unspecified atom stereocenters. The van der Waals surface area contributed by atoms with E-state index in [0.717, 1.165) is 60.8 Å². The maximum atomic E-state index is 14.2. The molecule has 4 saturated heterocycles. The van der Waals surface area contributed by atoms with E-state index in [1.807, 2.05) is 4.90 Å². The standard InChI is InChI=1S/C95H154N10O35/c1-58(2)72(118)33-31-46-99-81(124)52-95(56-100-79(122)34-18-15-24-43-96-76(119)36-21-27-49-126-92-83(102-59(3)106)89(135-68(12)115)86(132-65(9)112)73(138-92)53-129-62(6)109,57-101-80(123)35-19-16-25-44-97-77(120)37-22-28-50-127-93-84(103-60(4)107)90(136-69(13)116)87(133-66(10)113)74(139-93)54-130-63(7)110)42-30-32-71-40-47-105(48-41-71)82(125)39-20-17-26-45-98-78(121)38-23-29-51-128-94-85(104-61(5)108)91(137-70(14)117)88(134-67(11)114)75(140-94)55-131-64(8)111/h58,71,73-75,83-94H,15-57H2,1-14H3,(H,96,119)(H,97,120)(H,98,121)(H,99,124)(H,100,122)(H,101,123)(H,102,106)(H,103,107)(H,104,108). The number of Topliss-reactive ketones (excluding diaryl/α,β-unsaturated/α-hetero) is 1. The molecular weight excluding hydrogens is 1840 g/mol. The lowest BCUT2D eigenvalue weighted by Crippen LogP contribution is -2.66. The van der Waals surface area contributed by atoms with Crippen molar-refractivity contribution in [1.82, 2.24) is 52.8 Å². The lowest BCUT2D eigenvalue weighted by Gasteiger charge is -2.44. The minimum atomic E-state index is -1.30. The van der Waals surface area contributed by atoms with E-state index in [2.05, 4.69) is 47.9 Å². The quantitative estimate of drug-likeness (QED) is 0.0238. The number of likely N-dealkylation sites (tertiary alicyclic amines) is 1. The van der Waals surface area contributed by atoms with Gasteiger partial charge in [-0.15, -0.1) is 0 Å². The zero-order valence-electron chi connectivity index (χ0n) is 84.0. The first-order valence-electron chi connectivity index (χ1n) is 48.9. The molecule has 9 N–H and O–H groups in total. The van der Waals surface area contributed by atoms with Crippen LogP contribution >= 0.6 is 0 Å². The number of nitrogens with zero attached hydrogens (tertiary/aromatic N) is 1. The molecule has 0 aromatic heterocycles. The Labute approximate surface area is 819 Å². The predicted molar refractivity (Wildman–Crippen MR) is 494 cm³/mol. The minimum Gasteiger partial charge on any atom is -0.463 e. The SMILES string of the molecule is CC(=O)NC1C(OCCCCC(=O)NCCCCCC(=O)NCC(CCCC2CCN(C(=O)CCCCCNC(=O)CCCCOC3OC(COC(C)=O)C(OC(C)=O)C(OC(C)=O)C3NC(C)=O)CC2)(CNC(=O)CCCCCNC(=O)CCCCOC2OC(COC(C)=O)C(OC(C)=O)C(OC(C)=O)C2NC(C)=O)CC(=O)NCCCC(=O)C(C)C)OC(COC(C)=O)C(OC(C)=O)C1OC(C)=O. The summed E-state index contributed by atoms with van der Waals surface area (Å²) in [6, 6.07) is -3.45. The maximum absolute atomic E-state index is 14.2. The van der Waals surface area contributed by atoms with Crippen LogP contribution in [-0.2, 0) is 167 Å². The molecule has 45 nitrogen and oxygen atoms in total. The molecule has 0 spiro atoms. The first-order valence-corrected chi connectivity index (χ1v) is 48.9. The fourth-order valence-electron chi connectivity index (χ4n) is 16.5. The molecule has 0 radical (unpaired) electrons. The van der Waals surface area contributed by atoms with E-state index in [-0.39, 0.29) is 150 Å². The highest BCUT2D eigenvalue weighted by molar-refractivity contribution is 5.82. The predicted octanol–water partition coefficient (Wildman–Crippen LogP) is 3.68. The van der Waals surface area contributed by atoms with Crippen LogP contribution in [0.2, 0.25) is 0 Å². The summed E-state index contributed by atoms with van der Waals surface area (Å²) in [4.78, 5) is 255. The van der Waals surface area contributed by atoms with Gasteiger partial charge in [-0.3, -0.25) is 95.9 Å². The Bertz CT molecular complexity index is 3850. The highest BCUT2D eigenvalue weighted by atomic mass is 16.7. The number of carbonyl (C=O) groups is 20. The van der Waals surface area contributed by atoms with Crippen molar-refractivity contribution in [2.75, 3.05) is 92.0 Å². The molecule has 0 aromatic rings. The first kappa shape index (κ1) is 122. The van der Waals surface area contributed by atoms with Gasteiger partial charge in [0.15, 0.2) is 55.5 Å². The third-order valence-corrected chi connectivity index (χ3v) is 23.4. The highest BCUT2D eigenvalue weighted by Gasteiger charge is 2.55. The Morgan fingerprint density at radius 2 is 0.614 bits per heavy atom. The van der Waals surface area contributed by atoms with Crippen molar-refractivity contribution in [3.05, 3.63) is 0 Å². The zero-order chi connectivity index (χ0) is 104. The van der Waals surface area contributed by atoms with Crippen molar-refractivity contribution in [1.29, 1.82) is 0 Å². The Kier molecular flexibility index (Phi) is 58.2. The van der Waals surface area contributed by atoms with Crippen LogP contribution in [0.25, 0.3) is 0 Å². The molecule has 4 fully saturated rings.